The van der Waals surface area contributed by atoms with Crippen molar-refractivity contribution in [2.45, 2.75) is 335 Å². The monoisotopic (exact) mass is 1150 g/mol. The lowest BCUT2D eigenvalue weighted by atomic mass is 10.0. The average Bonchev–Trinajstić information content (AvgIpc) is 3.49. The molecule has 0 aromatic rings. The molecule has 0 radical (unpaired) electrons. The van der Waals surface area contributed by atoms with Gasteiger partial charge in [0.25, 0.3) is 0 Å². The maximum absolute atomic E-state index is 12.9. The number of allylic oxidation sites excluding steroid dienone is 20. The van der Waals surface area contributed by atoms with Gasteiger partial charge < -0.3 is 14.2 Å². The lowest BCUT2D eigenvalue weighted by molar-refractivity contribution is -0.167. The van der Waals surface area contributed by atoms with E-state index in [1.165, 1.54) is 161 Å². The second-order valence-electron chi connectivity index (χ2n) is 23.0. The highest BCUT2D eigenvalue weighted by molar-refractivity contribution is 5.71. The number of esters is 3. The molecule has 6 heteroatoms. The summed E-state index contributed by atoms with van der Waals surface area (Å²) < 4.78 is 17.0. The molecule has 1 unspecified atom stereocenters. The molecule has 0 aromatic heterocycles. The second-order valence-corrected chi connectivity index (χ2v) is 23.0. The van der Waals surface area contributed by atoms with E-state index in [1.54, 1.807) is 0 Å². The van der Waals surface area contributed by atoms with Crippen LogP contribution in [0.4, 0.5) is 0 Å². The molecule has 1 atom stereocenters. The molecule has 0 amide bonds. The van der Waals surface area contributed by atoms with Gasteiger partial charge in [0.15, 0.2) is 6.10 Å². The minimum atomic E-state index is -0.799. The fraction of sp³-hybridized carbons (Fsp3) is 0.701. The third-order valence-electron chi connectivity index (χ3n) is 15.0. The van der Waals surface area contributed by atoms with Gasteiger partial charge in [-0.05, 0) is 109 Å². The molecule has 0 aromatic carbocycles. The first-order valence-corrected chi connectivity index (χ1v) is 35.0. The number of unbranched alkanes of at least 4 members (excludes halogenated alkanes) is 32. The quantitative estimate of drug-likeness (QED) is 0.0261. The Bertz CT molecular complexity index is 1700. The van der Waals surface area contributed by atoms with Gasteiger partial charge in [0.2, 0.25) is 0 Å². The van der Waals surface area contributed by atoms with Gasteiger partial charge in [-0.15, -0.1) is 0 Å². The van der Waals surface area contributed by atoms with Crippen LogP contribution in [0.25, 0.3) is 0 Å². The fourth-order valence-electron chi connectivity index (χ4n) is 9.79. The molecule has 6 nitrogen and oxygen atoms in total. The van der Waals surface area contributed by atoms with Crippen molar-refractivity contribution >= 4 is 17.9 Å². The molecule has 0 spiro atoms. The van der Waals surface area contributed by atoms with Crippen LogP contribution in [0.2, 0.25) is 0 Å². The van der Waals surface area contributed by atoms with Crippen LogP contribution in [0.1, 0.15) is 329 Å². The first-order valence-electron chi connectivity index (χ1n) is 35.0. The van der Waals surface area contributed by atoms with Gasteiger partial charge in [0.1, 0.15) is 13.2 Å². The molecule has 0 heterocycles. The Labute approximate surface area is 513 Å². The lowest BCUT2D eigenvalue weighted by Crippen LogP contribution is -2.30. The maximum atomic E-state index is 12.9. The van der Waals surface area contributed by atoms with Crippen molar-refractivity contribution in [3.8, 4) is 0 Å². The van der Waals surface area contributed by atoms with E-state index in [1.807, 2.05) is 0 Å². The van der Waals surface area contributed by atoms with E-state index in [4.69, 9.17) is 14.2 Å². The largest absolute Gasteiger partial charge is 0.462 e. The SMILES string of the molecule is CC/C=C\C/C=C\C/C=C\C/C=C\C/C=C\CCCCCCCCCCCCCCCC(=O)OCC(COC(=O)CCCCCCCCCCCCCCCCCCC)OC(=O)CCCCC/C=C\C/C=C\C/C=C\C/C=C\C/C=C\CC. The van der Waals surface area contributed by atoms with Crippen LogP contribution < -0.4 is 0 Å². The smallest absolute Gasteiger partial charge is 0.306 e. The highest BCUT2D eigenvalue weighted by Crippen LogP contribution is 2.17. The average molecular weight is 1150 g/mol. The standard InChI is InChI=1S/C77H130O6/c1-4-7-10-13-16-19-22-25-28-31-33-34-35-36-37-38-39-40-41-42-44-46-49-52-55-58-61-64-67-70-76(79)82-73-74(72-81-75(78)69-66-63-60-57-54-51-48-45-30-27-24-21-18-15-12-9-6-3)83-77(80)71-68-65-62-59-56-53-50-47-43-32-29-26-23-20-17-14-11-8-5-2/h7-8,10-11,16-17,19-20,25-26,28-29,33-34,36-37,43,47,53,56,74H,4-6,9,12-15,18,21-24,27,30-32,35,38-42,44-46,48-52,54-55,57-73H2,1-3H3/b10-7-,11-8-,19-16-,20-17-,28-25-,29-26-,34-33-,37-36-,47-43-,56-53-. The summed E-state index contributed by atoms with van der Waals surface area (Å²) in [5, 5.41) is 0. The van der Waals surface area contributed by atoms with Crippen molar-refractivity contribution in [2.75, 3.05) is 13.2 Å². The van der Waals surface area contributed by atoms with Gasteiger partial charge in [-0.25, -0.2) is 0 Å². The van der Waals surface area contributed by atoms with Gasteiger partial charge in [0.05, 0.1) is 0 Å². The topological polar surface area (TPSA) is 78.9 Å². The van der Waals surface area contributed by atoms with E-state index in [9.17, 15) is 14.4 Å². The maximum Gasteiger partial charge on any atom is 0.306 e. The van der Waals surface area contributed by atoms with Gasteiger partial charge >= 0.3 is 17.9 Å². The van der Waals surface area contributed by atoms with Gasteiger partial charge in [-0.1, -0.05) is 322 Å². The summed E-state index contributed by atoms with van der Waals surface area (Å²) in [4.78, 5) is 38.5. The van der Waals surface area contributed by atoms with Crippen LogP contribution in [-0.2, 0) is 28.6 Å². The molecule has 0 saturated carbocycles. The third-order valence-corrected chi connectivity index (χ3v) is 15.0. The summed E-state index contributed by atoms with van der Waals surface area (Å²) in [6.45, 7) is 6.42. The Hall–Kier alpha value is -4.19. The minimum Gasteiger partial charge on any atom is -0.462 e. The molecular weight excluding hydrogens is 1020 g/mol. The van der Waals surface area contributed by atoms with Gasteiger partial charge in [-0.2, -0.15) is 0 Å². The van der Waals surface area contributed by atoms with Gasteiger partial charge in [0, 0.05) is 19.3 Å². The summed E-state index contributed by atoms with van der Waals surface area (Å²) in [6.07, 6.45) is 97.9. The predicted molar refractivity (Wildman–Crippen MR) is 362 cm³/mol. The molecule has 0 rings (SSSR count). The van der Waals surface area contributed by atoms with E-state index in [0.717, 1.165) is 128 Å². The van der Waals surface area contributed by atoms with Crippen LogP contribution in [-0.4, -0.2) is 37.2 Å². The van der Waals surface area contributed by atoms with Crippen molar-refractivity contribution in [3.05, 3.63) is 122 Å². The zero-order chi connectivity index (χ0) is 59.9. The Balaban J connectivity index is 4.35. The van der Waals surface area contributed by atoms with E-state index in [0.29, 0.717) is 12.8 Å². The predicted octanol–water partition coefficient (Wildman–Crippen LogP) is 24.3. The van der Waals surface area contributed by atoms with Crippen molar-refractivity contribution in [1.82, 2.24) is 0 Å². The van der Waals surface area contributed by atoms with E-state index in [2.05, 4.69) is 142 Å². The van der Waals surface area contributed by atoms with Crippen molar-refractivity contribution in [1.29, 1.82) is 0 Å². The lowest BCUT2D eigenvalue weighted by Gasteiger charge is -2.18. The molecule has 0 bridgehead atoms. The number of hydrogen-bond acceptors (Lipinski definition) is 6. The summed E-state index contributed by atoms with van der Waals surface area (Å²) in [5.41, 5.74) is 0. The van der Waals surface area contributed by atoms with Crippen molar-refractivity contribution in [3.63, 3.8) is 0 Å². The molecular formula is C77H130O6. The highest BCUT2D eigenvalue weighted by Gasteiger charge is 2.19. The van der Waals surface area contributed by atoms with Crippen LogP contribution >= 0.6 is 0 Å². The summed E-state index contributed by atoms with van der Waals surface area (Å²) in [7, 11) is 0. The highest BCUT2D eigenvalue weighted by atomic mass is 16.6. The van der Waals surface area contributed by atoms with Crippen LogP contribution in [0, 0.1) is 0 Å². The third kappa shape index (κ3) is 68.5. The summed E-state index contributed by atoms with van der Waals surface area (Å²) in [5.74, 6) is -0.910. The molecule has 0 N–H and O–H groups in total. The Morgan fingerprint density at radius 1 is 0.253 bits per heavy atom. The normalized spacial score (nSPS) is 12.9. The molecule has 83 heavy (non-hydrogen) atoms. The van der Waals surface area contributed by atoms with Crippen molar-refractivity contribution < 1.29 is 28.6 Å². The van der Waals surface area contributed by atoms with Crippen LogP contribution in [0.5, 0.6) is 0 Å². The second kappa shape index (κ2) is 70.3. The Morgan fingerprint density at radius 2 is 0.470 bits per heavy atom. The number of hydrogen-bond donors (Lipinski definition) is 0. The number of rotatable bonds is 63. The van der Waals surface area contributed by atoms with E-state index >= 15 is 0 Å². The number of carbonyl (C=O) groups excluding carboxylic acids is 3. The molecule has 0 fully saturated rings. The number of ether oxygens (including phenoxy) is 3. The van der Waals surface area contributed by atoms with Crippen LogP contribution in [0.15, 0.2) is 122 Å². The molecule has 0 aliphatic rings. The first-order chi connectivity index (χ1) is 41.0. The van der Waals surface area contributed by atoms with Gasteiger partial charge in [-0.3, -0.25) is 14.4 Å². The Kier molecular flexibility index (Phi) is 66.7. The molecule has 0 saturated heterocycles. The van der Waals surface area contributed by atoms with Crippen LogP contribution in [0.3, 0.4) is 0 Å². The fourth-order valence-corrected chi connectivity index (χ4v) is 9.79. The van der Waals surface area contributed by atoms with Crippen molar-refractivity contribution in [2.24, 2.45) is 0 Å². The van der Waals surface area contributed by atoms with E-state index in [-0.39, 0.29) is 37.5 Å². The zero-order valence-corrected chi connectivity index (χ0v) is 54.4. The molecule has 474 valence electrons. The summed E-state index contributed by atoms with van der Waals surface area (Å²) in [6, 6.07) is 0. The Morgan fingerprint density at radius 3 is 0.747 bits per heavy atom. The molecule has 0 aliphatic carbocycles. The number of carbonyl (C=O) groups is 3. The minimum absolute atomic E-state index is 0.0900. The zero-order valence-electron chi connectivity index (χ0n) is 54.4. The first kappa shape index (κ1) is 78.8. The summed E-state index contributed by atoms with van der Waals surface area (Å²) >= 11 is 0. The molecule has 0 aliphatic heterocycles. The van der Waals surface area contributed by atoms with E-state index < -0.39 is 6.10 Å².